The van der Waals surface area contributed by atoms with Crippen LogP contribution in [0.3, 0.4) is 0 Å². The van der Waals surface area contributed by atoms with Crippen molar-refractivity contribution in [2.24, 2.45) is 5.92 Å². The molecule has 144 valence electrons. The molecule has 2 aromatic heterocycles. The van der Waals surface area contributed by atoms with Crippen LogP contribution < -0.4 is 5.32 Å². The summed E-state index contributed by atoms with van der Waals surface area (Å²) in [6.45, 7) is 3.27. The molecule has 2 fully saturated rings. The molecule has 0 spiro atoms. The molecule has 1 N–H and O–H groups in total. The van der Waals surface area contributed by atoms with Crippen LogP contribution in [0.4, 0.5) is 0 Å². The smallest absolute Gasteiger partial charge is 0.259 e. The molecule has 4 rings (SSSR count). The Balaban J connectivity index is 1.65. The van der Waals surface area contributed by atoms with Crippen molar-refractivity contribution >= 4 is 22.9 Å². The maximum Gasteiger partial charge on any atom is 0.259 e. The Hall–Kier alpha value is -2.44. The molecule has 0 aromatic carbocycles. The standard InChI is InChI=1S/C20H26N4O3/c1-12-10-15(18(25)21-2)16-17(23-27-19(16)22-12)14-8-5-9-24(11-14)20(26)13-6-3-4-7-13/h10,13-14H,3-9,11H2,1-2H3,(H,21,25). The minimum Gasteiger partial charge on any atom is -0.355 e. The molecule has 2 aliphatic rings. The van der Waals surface area contributed by atoms with Gasteiger partial charge in [0.05, 0.1) is 16.6 Å². The predicted molar refractivity (Wildman–Crippen MR) is 100 cm³/mol. The number of pyridine rings is 1. The van der Waals surface area contributed by atoms with Gasteiger partial charge in [0.25, 0.3) is 11.6 Å². The zero-order valence-corrected chi connectivity index (χ0v) is 16.0. The zero-order valence-electron chi connectivity index (χ0n) is 16.0. The Morgan fingerprint density at radius 2 is 2.00 bits per heavy atom. The first kappa shape index (κ1) is 17.9. The lowest BCUT2D eigenvalue weighted by atomic mass is 9.91. The lowest BCUT2D eigenvalue weighted by Gasteiger charge is -2.33. The van der Waals surface area contributed by atoms with Gasteiger partial charge in [0.2, 0.25) is 5.91 Å². The molecule has 7 heteroatoms. The third-order valence-corrected chi connectivity index (χ3v) is 5.90. The molecule has 1 unspecified atom stereocenters. The normalized spacial score (nSPS) is 21.0. The van der Waals surface area contributed by atoms with Crippen LogP contribution in [0.1, 0.15) is 66.2 Å². The van der Waals surface area contributed by atoms with Crippen molar-refractivity contribution in [2.45, 2.75) is 51.4 Å². The third kappa shape index (κ3) is 3.31. The summed E-state index contributed by atoms with van der Waals surface area (Å²) in [6.07, 6.45) is 6.20. The average Bonchev–Trinajstić information content (AvgIpc) is 3.36. The summed E-state index contributed by atoms with van der Waals surface area (Å²) >= 11 is 0. The zero-order chi connectivity index (χ0) is 19.0. The number of likely N-dealkylation sites (tertiary alicyclic amines) is 1. The highest BCUT2D eigenvalue weighted by molar-refractivity contribution is 6.06. The Bertz CT molecular complexity index is 869. The average molecular weight is 370 g/mol. The van der Waals surface area contributed by atoms with Gasteiger partial charge >= 0.3 is 0 Å². The summed E-state index contributed by atoms with van der Waals surface area (Å²) in [5, 5.41) is 7.64. The Labute approximate surface area is 158 Å². The van der Waals surface area contributed by atoms with Crippen molar-refractivity contribution < 1.29 is 14.1 Å². The van der Waals surface area contributed by atoms with Crippen molar-refractivity contribution in [1.29, 1.82) is 0 Å². The summed E-state index contributed by atoms with van der Waals surface area (Å²) in [7, 11) is 1.61. The quantitative estimate of drug-likeness (QED) is 0.897. The van der Waals surface area contributed by atoms with E-state index in [4.69, 9.17) is 4.52 Å². The summed E-state index contributed by atoms with van der Waals surface area (Å²) < 4.78 is 5.47. The second-order valence-corrected chi connectivity index (χ2v) is 7.74. The van der Waals surface area contributed by atoms with Gasteiger partial charge in [0.1, 0.15) is 0 Å². The maximum absolute atomic E-state index is 12.9. The van der Waals surface area contributed by atoms with E-state index in [1.807, 2.05) is 11.8 Å². The number of amides is 2. The third-order valence-electron chi connectivity index (χ3n) is 5.90. The topological polar surface area (TPSA) is 88.3 Å². The fraction of sp³-hybridized carbons (Fsp3) is 0.600. The number of hydrogen-bond donors (Lipinski definition) is 1. The second-order valence-electron chi connectivity index (χ2n) is 7.74. The highest BCUT2D eigenvalue weighted by atomic mass is 16.5. The monoisotopic (exact) mass is 370 g/mol. The van der Waals surface area contributed by atoms with Crippen LogP contribution in [0.5, 0.6) is 0 Å². The number of rotatable bonds is 3. The van der Waals surface area contributed by atoms with Crippen molar-refractivity contribution in [3.63, 3.8) is 0 Å². The molecule has 1 aliphatic heterocycles. The number of carbonyl (C=O) groups is 2. The predicted octanol–water partition coefficient (Wildman–Crippen LogP) is 2.79. The van der Waals surface area contributed by atoms with Gasteiger partial charge < -0.3 is 14.7 Å². The molecule has 0 radical (unpaired) electrons. The number of carbonyl (C=O) groups excluding carboxylic acids is 2. The van der Waals surface area contributed by atoms with Crippen LogP contribution in [-0.4, -0.2) is 47.0 Å². The van der Waals surface area contributed by atoms with E-state index in [0.29, 0.717) is 28.9 Å². The van der Waals surface area contributed by atoms with Crippen LogP contribution in [-0.2, 0) is 4.79 Å². The molecule has 2 amide bonds. The first-order valence-electron chi connectivity index (χ1n) is 9.86. The van der Waals surface area contributed by atoms with E-state index in [2.05, 4.69) is 15.5 Å². The van der Waals surface area contributed by atoms with Crippen LogP contribution in [0.25, 0.3) is 11.1 Å². The molecule has 1 saturated carbocycles. The molecule has 27 heavy (non-hydrogen) atoms. The fourth-order valence-electron chi connectivity index (χ4n) is 4.52. The van der Waals surface area contributed by atoms with E-state index in [9.17, 15) is 9.59 Å². The number of aromatic nitrogens is 2. The molecule has 1 atom stereocenters. The van der Waals surface area contributed by atoms with Gasteiger partial charge in [0, 0.05) is 37.7 Å². The lowest BCUT2D eigenvalue weighted by Crippen LogP contribution is -2.42. The highest BCUT2D eigenvalue weighted by Gasteiger charge is 2.33. The molecule has 0 bridgehead atoms. The van der Waals surface area contributed by atoms with E-state index in [1.54, 1.807) is 13.1 Å². The molecule has 1 aliphatic carbocycles. The van der Waals surface area contributed by atoms with E-state index in [1.165, 1.54) is 0 Å². The summed E-state index contributed by atoms with van der Waals surface area (Å²) in [6, 6.07) is 1.77. The Kier molecular flexibility index (Phi) is 4.85. The molecular weight excluding hydrogens is 344 g/mol. The molecular formula is C20H26N4O3. The van der Waals surface area contributed by atoms with E-state index in [0.717, 1.165) is 50.8 Å². The first-order chi connectivity index (χ1) is 13.1. The number of aryl methyl sites for hydroxylation is 1. The van der Waals surface area contributed by atoms with Gasteiger partial charge in [-0.3, -0.25) is 9.59 Å². The van der Waals surface area contributed by atoms with Gasteiger partial charge in [-0.2, -0.15) is 0 Å². The van der Waals surface area contributed by atoms with E-state index in [-0.39, 0.29) is 23.7 Å². The van der Waals surface area contributed by atoms with Crippen molar-refractivity contribution in [3.05, 3.63) is 23.0 Å². The van der Waals surface area contributed by atoms with Gasteiger partial charge in [-0.25, -0.2) is 4.98 Å². The number of nitrogens with one attached hydrogen (secondary N) is 1. The van der Waals surface area contributed by atoms with Crippen molar-refractivity contribution in [2.75, 3.05) is 20.1 Å². The molecule has 2 aromatic rings. The Morgan fingerprint density at radius 1 is 1.22 bits per heavy atom. The molecule has 3 heterocycles. The maximum atomic E-state index is 12.9. The summed E-state index contributed by atoms with van der Waals surface area (Å²) in [5.74, 6) is 0.358. The van der Waals surface area contributed by atoms with Gasteiger partial charge in [-0.05, 0) is 38.7 Å². The highest BCUT2D eigenvalue weighted by Crippen LogP contribution is 2.35. The fourth-order valence-corrected chi connectivity index (χ4v) is 4.52. The van der Waals surface area contributed by atoms with Gasteiger partial charge in [-0.15, -0.1) is 0 Å². The largest absolute Gasteiger partial charge is 0.355 e. The first-order valence-corrected chi connectivity index (χ1v) is 9.86. The van der Waals surface area contributed by atoms with Crippen LogP contribution in [0, 0.1) is 12.8 Å². The minimum absolute atomic E-state index is 0.0678. The van der Waals surface area contributed by atoms with Gasteiger partial charge in [0.15, 0.2) is 0 Å². The van der Waals surface area contributed by atoms with E-state index < -0.39 is 0 Å². The lowest BCUT2D eigenvalue weighted by molar-refractivity contribution is -0.136. The molecule has 1 saturated heterocycles. The summed E-state index contributed by atoms with van der Waals surface area (Å²) in [4.78, 5) is 31.6. The van der Waals surface area contributed by atoms with Crippen molar-refractivity contribution in [1.82, 2.24) is 20.4 Å². The van der Waals surface area contributed by atoms with E-state index >= 15 is 0 Å². The summed E-state index contributed by atoms with van der Waals surface area (Å²) in [5.41, 5.74) is 2.39. The van der Waals surface area contributed by atoms with Crippen LogP contribution in [0.15, 0.2) is 10.6 Å². The number of piperidine rings is 1. The van der Waals surface area contributed by atoms with Gasteiger partial charge in [-0.1, -0.05) is 18.0 Å². The number of hydrogen-bond acceptors (Lipinski definition) is 5. The number of fused-ring (bicyclic) bond motifs is 1. The van der Waals surface area contributed by atoms with Crippen molar-refractivity contribution in [3.8, 4) is 0 Å². The second kappa shape index (κ2) is 7.29. The Morgan fingerprint density at radius 3 is 2.74 bits per heavy atom. The minimum atomic E-state index is -0.176. The van der Waals surface area contributed by atoms with Crippen LogP contribution in [0.2, 0.25) is 0 Å². The number of nitrogens with zero attached hydrogens (tertiary/aromatic N) is 3. The molecule has 7 nitrogen and oxygen atoms in total. The van der Waals surface area contributed by atoms with Crippen LogP contribution >= 0.6 is 0 Å². The SMILES string of the molecule is CNC(=O)c1cc(C)nc2onc(C3CCCN(C(=O)C4CCCC4)C3)c12.